The number of rotatable bonds is 4. The Morgan fingerprint density at radius 1 is 1.29 bits per heavy atom. The number of ether oxygens (including phenoxy) is 2. The van der Waals surface area contributed by atoms with Crippen molar-refractivity contribution in [1.82, 2.24) is 0 Å². The number of hydrogen-bond acceptors (Lipinski definition) is 6. The smallest absolute Gasteiger partial charge is 0.377 e. The molecule has 6 nitrogen and oxygen atoms in total. The predicted octanol–water partition coefficient (Wildman–Crippen LogP) is 3.50. The molecule has 1 aliphatic heterocycles. The third-order valence-electron chi connectivity index (χ3n) is 3.45. The number of furan rings is 1. The molecule has 0 spiro atoms. The zero-order valence-corrected chi connectivity index (χ0v) is 13.7. The number of carbonyl (C=O) groups excluding carboxylic acids is 2. The van der Waals surface area contributed by atoms with Gasteiger partial charge in [0, 0.05) is 5.69 Å². The highest BCUT2D eigenvalue weighted by Gasteiger charge is 2.37. The highest BCUT2D eigenvalue weighted by molar-refractivity contribution is 6.42. The maximum Gasteiger partial charge on any atom is 0.377 e. The van der Waals surface area contributed by atoms with Gasteiger partial charge in [-0.15, -0.1) is 0 Å². The molecular formula is C17H14ClNO5. The van der Waals surface area contributed by atoms with E-state index in [4.69, 9.17) is 25.5 Å². The number of benzene rings is 1. The van der Waals surface area contributed by atoms with Gasteiger partial charge < -0.3 is 19.2 Å². The second kappa shape index (κ2) is 6.41. The Kier molecular flexibility index (Phi) is 4.31. The summed E-state index contributed by atoms with van der Waals surface area (Å²) in [7, 11) is 0. The fraction of sp³-hybridized carbons (Fsp3) is 0.176. The minimum atomic E-state index is -1.26. The van der Waals surface area contributed by atoms with Crippen LogP contribution in [-0.2, 0) is 14.3 Å². The fourth-order valence-electron chi connectivity index (χ4n) is 2.27. The van der Waals surface area contributed by atoms with Crippen LogP contribution in [0, 0.1) is 13.8 Å². The molecule has 0 unspecified atom stereocenters. The predicted molar refractivity (Wildman–Crippen MR) is 86.4 cm³/mol. The summed E-state index contributed by atoms with van der Waals surface area (Å²) < 4.78 is 15.1. The van der Waals surface area contributed by atoms with Crippen LogP contribution in [-0.4, -0.2) is 18.2 Å². The van der Waals surface area contributed by atoms with Gasteiger partial charge in [0.05, 0.1) is 6.26 Å². The van der Waals surface area contributed by atoms with E-state index < -0.39 is 18.2 Å². The molecule has 1 aliphatic rings. The standard InChI is InChI=1S/C17H14ClNO5/c1-9-5-6-11(10(2)8-9)19-14-13(18)16(21)24-17(14)23-15(20)12-4-3-7-22-12/h3-8,17,19H,1-2H3/t17-/m0/s1. The third kappa shape index (κ3) is 3.14. The molecule has 0 bridgehead atoms. The van der Waals surface area contributed by atoms with Gasteiger partial charge in [0.1, 0.15) is 5.70 Å². The van der Waals surface area contributed by atoms with Crippen molar-refractivity contribution in [3.05, 3.63) is 64.2 Å². The first-order valence-corrected chi connectivity index (χ1v) is 7.53. The second-order valence-corrected chi connectivity index (χ2v) is 5.67. The normalized spacial score (nSPS) is 17.0. The van der Waals surface area contributed by atoms with Crippen molar-refractivity contribution in [3.8, 4) is 0 Å². The van der Waals surface area contributed by atoms with Crippen molar-refractivity contribution in [2.24, 2.45) is 0 Å². The van der Waals surface area contributed by atoms with Crippen LogP contribution in [0.1, 0.15) is 21.7 Å². The average Bonchev–Trinajstić information content (AvgIpc) is 3.14. The highest BCUT2D eigenvalue weighted by atomic mass is 35.5. The van der Waals surface area contributed by atoms with E-state index in [1.807, 2.05) is 32.0 Å². The summed E-state index contributed by atoms with van der Waals surface area (Å²) in [5, 5.41) is 2.85. The lowest BCUT2D eigenvalue weighted by Crippen LogP contribution is -2.24. The lowest BCUT2D eigenvalue weighted by Gasteiger charge is -2.17. The first kappa shape index (κ1) is 16.1. The van der Waals surface area contributed by atoms with Crippen LogP contribution >= 0.6 is 11.6 Å². The molecule has 0 saturated carbocycles. The van der Waals surface area contributed by atoms with E-state index in [1.54, 1.807) is 6.07 Å². The van der Waals surface area contributed by atoms with Gasteiger partial charge in [0.2, 0.25) is 5.76 Å². The molecule has 0 aliphatic carbocycles. The maximum absolute atomic E-state index is 12.0. The molecule has 124 valence electrons. The largest absolute Gasteiger partial charge is 0.457 e. The van der Waals surface area contributed by atoms with Gasteiger partial charge in [0.25, 0.3) is 6.29 Å². The van der Waals surface area contributed by atoms with Crippen molar-refractivity contribution in [3.63, 3.8) is 0 Å². The zero-order chi connectivity index (χ0) is 17.3. The van der Waals surface area contributed by atoms with Crippen molar-refractivity contribution in [2.75, 3.05) is 5.32 Å². The summed E-state index contributed by atoms with van der Waals surface area (Å²) in [5.41, 5.74) is 2.94. The van der Waals surface area contributed by atoms with Gasteiger partial charge in [-0.2, -0.15) is 0 Å². The van der Waals surface area contributed by atoms with E-state index in [-0.39, 0.29) is 16.5 Å². The molecular weight excluding hydrogens is 334 g/mol. The first-order chi connectivity index (χ1) is 11.5. The molecule has 0 radical (unpaired) electrons. The Morgan fingerprint density at radius 3 is 2.75 bits per heavy atom. The molecule has 3 rings (SSSR count). The van der Waals surface area contributed by atoms with Crippen molar-refractivity contribution in [1.29, 1.82) is 0 Å². The molecule has 0 amide bonds. The van der Waals surface area contributed by atoms with Crippen molar-refractivity contribution >= 4 is 29.2 Å². The van der Waals surface area contributed by atoms with E-state index >= 15 is 0 Å². The molecule has 1 aromatic heterocycles. The van der Waals surface area contributed by atoms with E-state index in [0.717, 1.165) is 16.8 Å². The summed E-state index contributed by atoms with van der Waals surface area (Å²) in [6.45, 7) is 3.88. The van der Waals surface area contributed by atoms with Gasteiger partial charge in [-0.05, 0) is 37.6 Å². The number of esters is 2. The second-order valence-electron chi connectivity index (χ2n) is 5.29. The Labute approximate surface area is 143 Å². The van der Waals surface area contributed by atoms with Crippen molar-refractivity contribution < 1.29 is 23.5 Å². The van der Waals surface area contributed by atoms with Crippen molar-refractivity contribution in [2.45, 2.75) is 20.1 Å². The number of halogens is 1. The van der Waals surface area contributed by atoms with Gasteiger partial charge in [-0.1, -0.05) is 29.3 Å². The lowest BCUT2D eigenvalue weighted by atomic mass is 10.1. The van der Waals surface area contributed by atoms with Crippen LogP contribution < -0.4 is 5.32 Å². The quantitative estimate of drug-likeness (QED) is 0.853. The Balaban J connectivity index is 1.82. The average molecular weight is 348 g/mol. The summed E-state index contributed by atoms with van der Waals surface area (Å²) in [4.78, 5) is 23.7. The van der Waals surface area contributed by atoms with Crippen LogP contribution in [0.5, 0.6) is 0 Å². The maximum atomic E-state index is 12.0. The minimum Gasteiger partial charge on any atom is -0.457 e. The van der Waals surface area contributed by atoms with E-state index in [0.29, 0.717) is 0 Å². The Hall–Kier alpha value is -2.73. The molecule has 1 N–H and O–H groups in total. The summed E-state index contributed by atoms with van der Waals surface area (Å²) in [5.74, 6) is -1.52. The zero-order valence-electron chi connectivity index (χ0n) is 13.0. The SMILES string of the molecule is Cc1ccc(NC2=C(Cl)C(=O)O[C@@H]2OC(=O)c2ccco2)c(C)c1. The molecule has 2 aromatic rings. The monoisotopic (exact) mass is 347 g/mol. The number of cyclic esters (lactones) is 1. The number of anilines is 1. The van der Waals surface area contributed by atoms with Crippen LogP contribution in [0.25, 0.3) is 0 Å². The third-order valence-corrected chi connectivity index (χ3v) is 3.81. The molecule has 1 atom stereocenters. The minimum absolute atomic E-state index is 0.0000575. The van der Waals surface area contributed by atoms with Gasteiger partial charge in [-0.3, -0.25) is 0 Å². The fourth-order valence-corrected chi connectivity index (χ4v) is 2.45. The number of carbonyl (C=O) groups is 2. The van der Waals surface area contributed by atoms with Gasteiger partial charge in [-0.25, -0.2) is 9.59 Å². The van der Waals surface area contributed by atoms with Crippen LogP contribution in [0.4, 0.5) is 5.69 Å². The number of nitrogens with one attached hydrogen (secondary N) is 1. The van der Waals surface area contributed by atoms with E-state index in [9.17, 15) is 9.59 Å². The Bertz CT molecular complexity index is 826. The molecule has 2 heterocycles. The highest BCUT2D eigenvalue weighted by Crippen LogP contribution is 2.30. The van der Waals surface area contributed by atoms with Crippen LogP contribution in [0.15, 0.2) is 51.7 Å². The molecule has 7 heteroatoms. The summed E-state index contributed by atoms with van der Waals surface area (Å²) in [6, 6.07) is 8.72. The molecule has 0 fully saturated rings. The van der Waals surface area contributed by atoms with E-state index in [1.165, 1.54) is 12.3 Å². The topological polar surface area (TPSA) is 77.8 Å². The molecule has 0 saturated heterocycles. The molecule has 1 aromatic carbocycles. The van der Waals surface area contributed by atoms with Crippen LogP contribution in [0.3, 0.4) is 0 Å². The van der Waals surface area contributed by atoms with E-state index in [2.05, 4.69) is 5.32 Å². The van der Waals surface area contributed by atoms with Gasteiger partial charge >= 0.3 is 11.9 Å². The van der Waals surface area contributed by atoms with Gasteiger partial charge in [0.15, 0.2) is 5.03 Å². The Morgan fingerprint density at radius 2 is 2.08 bits per heavy atom. The number of aryl methyl sites for hydroxylation is 2. The summed E-state index contributed by atoms with van der Waals surface area (Å²) in [6.07, 6.45) is 0.0813. The number of hydrogen-bond donors (Lipinski definition) is 1. The first-order valence-electron chi connectivity index (χ1n) is 7.15. The lowest BCUT2D eigenvalue weighted by molar-refractivity contribution is -0.152. The van der Waals surface area contributed by atoms with Crippen LogP contribution in [0.2, 0.25) is 0 Å². The molecule has 24 heavy (non-hydrogen) atoms. The summed E-state index contributed by atoms with van der Waals surface area (Å²) >= 11 is 5.99.